The third-order valence-corrected chi connectivity index (χ3v) is 5.20. The molecule has 2 rings (SSSR count). The van der Waals surface area contributed by atoms with Gasteiger partial charge in [0.25, 0.3) is 0 Å². The Morgan fingerprint density at radius 3 is 2.24 bits per heavy atom. The van der Waals surface area contributed by atoms with Crippen LogP contribution in [0.15, 0.2) is 0 Å². The molecule has 0 aromatic rings. The molecule has 3 unspecified atom stereocenters. The van der Waals surface area contributed by atoms with E-state index in [1.54, 1.807) is 0 Å². The SMILES string of the molecule is CCC1CCC(O)C(CN2CCN(CC(C)(C)O)CC2)C1. The maximum absolute atomic E-state index is 10.2. The van der Waals surface area contributed by atoms with E-state index >= 15 is 0 Å². The van der Waals surface area contributed by atoms with Crippen molar-refractivity contribution in [2.45, 2.75) is 58.2 Å². The second-order valence-corrected chi connectivity index (χ2v) is 7.80. The summed E-state index contributed by atoms with van der Waals surface area (Å²) in [6, 6.07) is 0. The van der Waals surface area contributed by atoms with Gasteiger partial charge in [0.1, 0.15) is 0 Å². The fraction of sp³-hybridized carbons (Fsp3) is 1.00. The predicted octanol–water partition coefficient (Wildman–Crippen LogP) is 1.56. The molecule has 2 fully saturated rings. The number of β-amino-alcohol motifs (C(OH)–C–C–N with tert-alkyl or cyclic N) is 1. The molecular formula is C17H34N2O2. The zero-order valence-corrected chi connectivity index (χ0v) is 14.1. The van der Waals surface area contributed by atoms with Gasteiger partial charge in [-0.05, 0) is 44.9 Å². The first kappa shape index (κ1) is 17.2. The summed E-state index contributed by atoms with van der Waals surface area (Å²) in [6.45, 7) is 12.0. The van der Waals surface area contributed by atoms with E-state index in [1.807, 2.05) is 13.8 Å². The van der Waals surface area contributed by atoms with E-state index in [2.05, 4.69) is 16.7 Å². The van der Waals surface area contributed by atoms with Crippen molar-refractivity contribution in [3.8, 4) is 0 Å². The highest BCUT2D eigenvalue weighted by atomic mass is 16.3. The number of rotatable bonds is 5. The molecule has 1 aliphatic heterocycles. The minimum atomic E-state index is -0.601. The van der Waals surface area contributed by atoms with Gasteiger partial charge in [-0.2, -0.15) is 0 Å². The first-order valence-electron chi connectivity index (χ1n) is 8.72. The predicted molar refractivity (Wildman–Crippen MR) is 86.3 cm³/mol. The molecule has 1 saturated carbocycles. The second-order valence-electron chi connectivity index (χ2n) is 7.80. The number of aliphatic hydroxyl groups excluding tert-OH is 1. The van der Waals surface area contributed by atoms with E-state index in [4.69, 9.17) is 0 Å². The van der Waals surface area contributed by atoms with Gasteiger partial charge >= 0.3 is 0 Å². The average Bonchev–Trinajstić information content (AvgIpc) is 2.42. The van der Waals surface area contributed by atoms with Gasteiger partial charge < -0.3 is 15.1 Å². The smallest absolute Gasteiger partial charge is 0.0718 e. The van der Waals surface area contributed by atoms with E-state index < -0.39 is 5.60 Å². The summed E-state index contributed by atoms with van der Waals surface area (Å²) in [7, 11) is 0. The van der Waals surface area contributed by atoms with Crippen molar-refractivity contribution in [1.82, 2.24) is 9.80 Å². The molecular weight excluding hydrogens is 264 g/mol. The highest BCUT2D eigenvalue weighted by Gasteiger charge is 2.31. The molecule has 1 heterocycles. The van der Waals surface area contributed by atoms with Crippen LogP contribution in [-0.4, -0.2) is 71.0 Å². The van der Waals surface area contributed by atoms with Gasteiger partial charge in [0.15, 0.2) is 0 Å². The molecule has 124 valence electrons. The van der Waals surface area contributed by atoms with Gasteiger partial charge in [0, 0.05) is 39.3 Å². The number of hydrogen-bond acceptors (Lipinski definition) is 4. The highest BCUT2D eigenvalue weighted by molar-refractivity contribution is 4.84. The normalized spacial score (nSPS) is 33.3. The maximum atomic E-state index is 10.2. The van der Waals surface area contributed by atoms with Crippen LogP contribution in [0.2, 0.25) is 0 Å². The van der Waals surface area contributed by atoms with Crippen LogP contribution in [0, 0.1) is 11.8 Å². The summed E-state index contributed by atoms with van der Waals surface area (Å²) in [4.78, 5) is 4.86. The fourth-order valence-corrected chi connectivity index (χ4v) is 3.92. The number of nitrogens with zero attached hydrogens (tertiary/aromatic N) is 2. The van der Waals surface area contributed by atoms with Crippen molar-refractivity contribution in [3.05, 3.63) is 0 Å². The molecule has 0 radical (unpaired) electrons. The van der Waals surface area contributed by atoms with Gasteiger partial charge in [-0.15, -0.1) is 0 Å². The standard InChI is InChI=1S/C17H34N2O2/c1-4-14-5-6-16(20)15(11-14)12-18-7-9-19(10-8-18)13-17(2,3)21/h14-16,20-21H,4-13H2,1-3H3. The quantitative estimate of drug-likeness (QED) is 0.809. The monoisotopic (exact) mass is 298 g/mol. The van der Waals surface area contributed by atoms with Crippen molar-refractivity contribution in [3.63, 3.8) is 0 Å². The Morgan fingerprint density at radius 1 is 1.05 bits per heavy atom. The molecule has 4 nitrogen and oxygen atoms in total. The zero-order valence-electron chi connectivity index (χ0n) is 14.1. The molecule has 0 amide bonds. The molecule has 1 saturated heterocycles. The van der Waals surface area contributed by atoms with Crippen molar-refractivity contribution < 1.29 is 10.2 Å². The highest BCUT2D eigenvalue weighted by Crippen LogP contribution is 2.32. The third-order valence-electron chi connectivity index (χ3n) is 5.20. The summed E-state index contributed by atoms with van der Waals surface area (Å²) in [5.74, 6) is 1.28. The summed E-state index contributed by atoms with van der Waals surface area (Å²) in [5, 5.41) is 20.1. The topological polar surface area (TPSA) is 46.9 Å². The van der Waals surface area contributed by atoms with Crippen LogP contribution in [0.25, 0.3) is 0 Å². The van der Waals surface area contributed by atoms with Gasteiger partial charge in [-0.25, -0.2) is 0 Å². The first-order valence-corrected chi connectivity index (χ1v) is 8.72. The summed E-state index contributed by atoms with van der Waals surface area (Å²) in [5.41, 5.74) is -0.601. The summed E-state index contributed by atoms with van der Waals surface area (Å²) in [6.07, 6.45) is 4.54. The summed E-state index contributed by atoms with van der Waals surface area (Å²) >= 11 is 0. The Morgan fingerprint density at radius 2 is 1.67 bits per heavy atom. The van der Waals surface area contributed by atoms with Crippen molar-refractivity contribution in [2.24, 2.45) is 11.8 Å². The average molecular weight is 298 g/mol. The Balaban J connectivity index is 1.75. The van der Waals surface area contributed by atoms with E-state index in [9.17, 15) is 10.2 Å². The van der Waals surface area contributed by atoms with Crippen LogP contribution >= 0.6 is 0 Å². The Labute approximate surface area is 130 Å². The maximum Gasteiger partial charge on any atom is 0.0718 e. The minimum absolute atomic E-state index is 0.0952. The van der Waals surface area contributed by atoms with E-state index in [-0.39, 0.29) is 6.10 Å². The largest absolute Gasteiger partial charge is 0.393 e. The molecule has 21 heavy (non-hydrogen) atoms. The molecule has 1 aliphatic carbocycles. The Hall–Kier alpha value is -0.160. The van der Waals surface area contributed by atoms with E-state index in [0.717, 1.165) is 51.6 Å². The lowest BCUT2D eigenvalue weighted by Gasteiger charge is -2.41. The number of aliphatic hydroxyl groups is 2. The van der Waals surface area contributed by atoms with Crippen LogP contribution in [0.4, 0.5) is 0 Å². The number of piperazine rings is 1. The minimum Gasteiger partial charge on any atom is -0.393 e. The molecule has 0 spiro atoms. The van der Waals surface area contributed by atoms with Crippen LogP contribution in [0.3, 0.4) is 0 Å². The summed E-state index contributed by atoms with van der Waals surface area (Å²) < 4.78 is 0. The Bertz CT molecular complexity index is 308. The van der Waals surface area contributed by atoms with Gasteiger partial charge in [-0.1, -0.05) is 13.3 Å². The van der Waals surface area contributed by atoms with Crippen LogP contribution in [0.5, 0.6) is 0 Å². The second kappa shape index (κ2) is 7.40. The van der Waals surface area contributed by atoms with Crippen LogP contribution < -0.4 is 0 Å². The lowest BCUT2D eigenvalue weighted by Crippen LogP contribution is -2.52. The molecule has 2 aliphatic rings. The molecule has 2 N–H and O–H groups in total. The van der Waals surface area contributed by atoms with E-state index in [0.29, 0.717) is 5.92 Å². The molecule has 0 aromatic heterocycles. The van der Waals surface area contributed by atoms with Crippen molar-refractivity contribution >= 4 is 0 Å². The lowest BCUT2D eigenvalue weighted by molar-refractivity contribution is -0.00242. The van der Waals surface area contributed by atoms with Gasteiger partial charge in [-0.3, -0.25) is 4.90 Å². The van der Waals surface area contributed by atoms with Gasteiger partial charge in [0.05, 0.1) is 11.7 Å². The van der Waals surface area contributed by atoms with Gasteiger partial charge in [0.2, 0.25) is 0 Å². The first-order chi connectivity index (χ1) is 9.87. The Kier molecular flexibility index (Phi) is 6.06. The molecule has 3 atom stereocenters. The fourth-order valence-electron chi connectivity index (χ4n) is 3.92. The van der Waals surface area contributed by atoms with Crippen molar-refractivity contribution in [2.75, 3.05) is 39.3 Å². The van der Waals surface area contributed by atoms with Crippen LogP contribution in [-0.2, 0) is 0 Å². The molecule has 4 heteroatoms. The number of hydrogen-bond donors (Lipinski definition) is 2. The molecule has 0 aromatic carbocycles. The van der Waals surface area contributed by atoms with Crippen LogP contribution in [0.1, 0.15) is 46.5 Å². The molecule has 0 bridgehead atoms. The van der Waals surface area contributed by atoms with Crippen molar-refractivity contribution in [1.29, 1.82) is 0 Å². The lowest BCUT2D eigenvalue weighted by atomic mass is 9.78. The third kappa shape index (κ3) is 5.51. The van der Waals surface area contributed by atoms with E-state index in [1.165, 1.54) is 19.3 Å². The zero-order chi connectivity index (χ0) is 15.5.